The van der Waals surface area contributed by atoms with Crippen LogP contribution in [-0.4, -0.2) is 25.8 Å². The molecule has 1 aromatic carbocycles. The first-order valence-corrected chi connectivity index (χ1v) is 6.41. The van der Waals surface area contributed by atoms with Crippen LogP contribution >= 0.6 is 0 Å². The Bertz CT molecular complexity index is 365. The highest BCUT2D eigenvalue weighted by atomic mass is 16.6. The predicted octanol–water partition coefficient (Wildman–Crippen LogP) is 2.39. The van der Waals surface area contributed by atoms with Gasteiger partial charge in [0, 0.05) is 6.04 Å². The van der Waals surface area contributed by atoms with Gasteiger partial charge in [-0.25, -0.2) is 0 Å². The highest BCUT2D eigenvalue weighted by molar-refractivity contribution is 5.43. The summed E-state index contributed by atoms with van der Waals surface area (Å²) in [6.45, 7) is 6.78. The third-order valence-corrected chi connectivity index (χ3v) is 2.89. The number of benzene rings is 1. The van der Waals surface area contributed by atoms with Crippen LogP contribution in [0.4, 0.5) is 0 Å². The SMILES string of the molecule is CCCN[C@@H](C)Cc1ccc2c(c1)OCCO2. The van der Waals surface area contributed by atoms with Gasteiger partial charge in [-0.2, -0.15) is 0 Å². The van der Waals surface area contributed by atoms with E-state index < -0.39 is 0 Å². The molecule has 0 fully saturated rings. The molecule has 3 heteroatoms. The molecule has 1 atom stereocenters. The van der Waals surface area contributed by atoms with Gasteiger partial charge in [0.2, 0.25) is 0 Å². The molecule has 0 aliphatic carbocycles. The lowest BCUT2D eigenvalue weighted by atomic mass is 10.1. The first kappa shape index (κ1) is 12.2. The van der Waals surface area contributed by atoms with E-state index in [0.29, 0.717) is 19.3 Å². The highest BCUT2D eigenvalue weighted by Gasteiger charge is 2.12. The van der Waals surface area contributed by atoms with Crippen LogP contribution in [0.25, 0.3) is 0 Å². The Morgan fingerprint density at radius 3 is 2.76 bits per heavy atom. The standard InChI is InChI=1S/C14H21NO2/c1-3-6-15-11(2)9-12-4-5-13-14(10-12)17-8-7-16-13/h4-5,10-11,15H,3,6-9H2,1-2H3/t11-/m0/s1. The summed E-state index contributed by atoms with van der Waals surface area (Å²) in [6.07, 6.45) is 2.20. The summed E-state index contributed by atoms with van der Waals surface area (Å²) in [5, 5.41) is 3.49. The number of ether oxygens (including phenoxy) is 2. The monoisotopic (exact) mass is 235 g/mol. The number of rotatable bonds is 5. The number of nitrogens with one attached hydrogen (secondary N) is 1. The minimum Gasteiger partial charge on any atom is -0.486 e. The Morgan fingerprint density at radius 1 is 1.24 bits per heavy atom. The van der Waals surface area contributed by atoms with Gasteiger partial charge in [0.1, 0.15) is 13.2 Å². The fraction of sp³-hybridized carbons (Fsp3) is 0.571. The van der Waals surface area contributed by atoms with Crippen LogP contribution in [0.2, 0.25) is 0 Å². The summed E-state index contributed by atoms with van der Waals surface area (Å²) in [7, 11) is 0. The van der Waals surface area contributed by atoms with E-state index in [9.17, 15) is 0 Å². The number of hydrogen-bond donors (Lipinski definition) is 1. The minimum atomic E-state index is 0.498. The summed E-state index contributed by atoms with van der Waals surface area (Å²) in [5.74, 6) is 1.76. The fourth-order valence-electron chi connectivity index (χ4n) is 2.03. The molecule has 17 heavy (non-hydrogen) atoms. The highest BCUT2D eigenvalue weighted by Crippen LogP contribution is 2.30. The zero-order valence-electron chi connectivity index (χ0n) is 10.7. The second kappa shape index (κ2) is 5.92. The molecule has 0 radical (unpaired) electrons. The zero-order valence-corrected chi connectivity index (χ0v) is 10.7. The van der Waals surface area contributed by atoms with Gasteiger partial charge < -0.3 is 14.8 Å². The molecule has 1 aliphatic heterocycles. The fourth-order valence-corrected chi connectivity index (χ4v) is 2.03. The van der Waals surface area contributed by atoms with Crippen LogP contribution in [0.15, 0.2) is 18.2 Å². The summed E-state index contributed by atoms with van der Waals surface area (Å²) >= 11 is 0. The molecule has 0 saturated heterocycles. The largest absolute Gasteiger partial charge is 0.486 e. The molecule has 0 amide bonds. The van der Waals surface area contributed by atoms with Crippen molar-refractivity contribution >= 4 is 0 Å². The predicted molar refractivity (Wildman–Crippen MR) is 68.9 cm³/mol. The zero-order chi connectivity index (χ0) is 12.1. The van der Waals surface area contributed by atoms with Crippen molar-refractivity contribution in [2.24, 2.45) is 0 Å². The number of fused-ring (bicyclic) bond motifs is 1. The van der Waals surface area contributed by atoms with Crippen LogP contribution in [0.3, 0.4) is 0 Å². The summed E-state index contributed by atoms with van der Waals surface area (Å²) in [4.78, 5) is 0. The average molecular weight is 235 g/mol. The molecule has 3 nitrogen and oxygen atoms in total. The van der Waals surface area contributed by atoms with Crippen LogP contribution in [0.1, 0.15) is 25.8 Å². The van der Waals surface area contributed by atoms with Gasteiger partial charge in [0.25, 0.3) is 0 Å². The van der Waals surface area contributed by atoms with Gasteiger partial charge in [-0.15, -0.1) is 0 Å². The molecule has 0 aromatic heterocycles. The second-order valence-corrected chi connectivity index (χ2v) is 4.54. The van der Waals surface area contributed by atoms with Gasteiger partial charge in [-0.1, -0.05) is 13.0 Å². The lowest BCUT2D eigenvalue weighted by Gasteiger charge is -2.20. The number of hydrogen-bond acceptors (Lipinski definition) is 3. The maximum absolute atomic E-state index is 5.58. The van der Waals surface area contributed by atoms with Crippen molar-refractivity contribution in [1.29, 1.82) is 0 Å². The van der Waals surface area contributed by atoms with Gasteiger partial charge in [0.15, 0.2) is 11.5 Å². The molecule has 1 aliphatic rings. The molecule has 1 N–H and O–H groups in total. The molecule has 0 spiro atoms. The first-order chi connectivity index (χ1) is 8.29. The lowest BCUT2D eigenvalue weighted by molar-refractivity contribution is 0.171. The molecule has 94 valence electrons. The van der Waals surface area contributed by atoms with E-state index in [-0.39, 0.29) is 0 Å². The van der Waals surface area contributed by atoms with Crippen molar-refractivity contribution in [2.75, 3.05) is 19.8 Å². The molecule has 2 rings (SSSR count). The smallest absolute Gasteiger partial charge is 0.161 e. The Labute approximate surface area is 103 Å². The van der Waals surface area contributed by atoms with Gasteiger partial charge in [-0.05, 0) is 44.0 Å². The van der Waals surface area contributed by atoms with Gasteiger partial charge in [0.05, 0.1) is 0 Å². The van der Waals surface area contributed by atoms with Crippen molar-refractivity contribution in [1.82, 2.24) is 5.32 Å². The summed E-state index contributed by atoms with van der Waals surface area (Å²) in [5.41, 5.74) is 1.30. The van der Waals surface area contributed by atoms with Gasteiger partial charge in [-0.3, -0.25) is 0 Å². The van der Waals surface area contributed by atoms with Crippen molar-refractivity contribution in [3.05, 3.63) is 23.8 Å². The summed E-state index contributed by atoms with van der Waals surface area (Å²) in [6, 6.07) is 6.73. The molecule has 1 heterocycles. The van der Waals surface area contributed by atoms with E-state index in [1.807, 2.05) is 6.07 Å². The Hall–Kier alpha value is -1.22. The van der Waals surface area contributed by atoms with Crippen molar-refractivity contribution in [3.8, 4) is 11.5 Å². The first-order valence-electron chi connectivity index (χ1n) is 6.41. The van der Waals surface area contributed by atoms with E-state index >= 15 is 0 Å². The van der Waals surface area contributed by atoms with Crippen molar-refractivity contribution in [2.45, 2.75) is 32.7 Å². The molecule has 1 aromatic rings. The average Bonchev–Trinajstić information content (AvgIpc) is 2.36. The van der Waals surface area contributed by atoms with E-state index in [2.05, 4.69) is 31.3 Å². The van der Waals surface area contributed by atoms with Crippen LogP contribution < -0.4 is 14.8 Å². The Kier molecular flexibility index (Phi) is 4.26. The maximum Gasteiger partial charge on any atom is 0.161 e. The molecule has 0 unspecified atom stereocenters. The van der Waals surface area contributed by atoms with Gasteiger partial charge >= 0.3 is 0 Å². The van der Waals surface area contributed by atoms with E-state index in [1.165, 1.54) is 12.0 Å². The van der Waals surface area contributed by atoms with E-state index in [0.717, 1.165) is 24.5 Å². The van der Waals surface area contributed by atoms with Crippen molar-refractivity contribution < 1.29 is 9.47 Å². The Balaban J connectivity index is 1.97. The van der Waals surface area contributed by atoms with E-state index in [4.69, 9.17) is 9.47 Å². The van der Waals surface area contributed by atoms with E-state index in [1.54, 1.807) is 0 Å². The van der Waals surface area contributed by atoms with Crippen LogP contribution in [0, 0.1) is 0 Å². The second-order valence-electron chi connectivity index (χ2n) is 4.54. The third kappa shape index (κ3) is 3.37. The third-order valence-electron chi connectivity index (χ3n) is 2.89. The molecular weight excluding hydrogens is 214 g/mol. The Morgan fingerprint density at radius 2 is 2.00 bits per heavy atom. The van der Waals surface area contributed by atoms with Crippen molar-refractivity contribution in [3.63, 3.8) is 0 Å². The van der Waals surface area contributed by atoms with Crippen LogP contribution in [-0.2, 0) is 6.42 Å². The maximum atomic E-state index is 5.58. The molecule has 0 bridgehead atoms. The topological polar surface area (TPSA) is 30.5 Å². The molecule has 0 saturated carbocycles. The van der Waals surface area contributed by atoms with Crippen LogP contribution in [0.5, 0.6) is 11.5 Å². The molecular formula is C14H21NO2. The lowest BCUT2D eigenvalue weighted by Crippen LogP contribution is -2.28. The summed E-state index contributed by atoms with van der Waals surface area (Å²) < 4.78 is 11.1. The minimum absolute atomic E-state index is 0.498. The normalized spacial score (nSPS) is 15.6. The quantitative estimate of drug-likeness (QED) is 0.850.